The molecule has 1 aromatic rings. The van der Waals surface area contributed by atoms with Gasteiger partial charge in [0.05, 0.1) is 0 Å². The SMILES string of the molecule is O=C1NC(=O)C(=CCc2ccccc2)N1. The molecule has 2 rings (SSSR count). The van der Waals surface area contributed by atoms with Crippen LogP contribution in [0.3, 0.4) is 0 Å². The third-order valence-corrected chi connectivity index (χ3v) is 2.10. The second kappa shape index (κ2) is 3.96. The highest BCUT2D eigenvalue weighted by molar-refractivity contribution is 6.11. The number of nitrogens with one attached hydrogen (secondary N) is 2. The van der Waals surface area contributed by atoms with Gasteiger partial charge in [-0.25, -0.2) is 4.79 Å². The quantitative estimate of drug-likeness (QED) is 0.554. The third kappa shape index (κ3) is 2.22. The first-order valence-electron chi connectivity index (χ1n) is 4.62. The molecule has 1 aromatic carbocycles. The van der Waals surface area contributed by atoms with E-state index in [0.29, 0.717) is 12.1 Å². The second-order valence-corrected chi connectivity index (χ2v) is 3.22. The second-order valence-electron chi connectivity index (χ2n) is 3.22. The number of hydrogen-bond acceptors (Lipinski definition) is 2. The Balaban J connectivity index is 2.06. The van der Waals surface area contributed by atoms with Crippen LogP contribution in [0.1, 0.15) is 5.56 Å². The lowest BCUT2D eigenvalue weighted by atomic mass is 10.1. The highest BCUT2D eigenvalue weighted by atomic mass is 16.2. The van der Waals surface area contributed by atoms with Crippen LogP contribution in [-0.2, 0) is 11.2 Å². The summed E-state index contributed by atoms with van der Waals surface area (Å²) in [5.74, 6) is -0.365. The summed E-state index contributed by atoms with van der Waals surface area (Å²) in [5, 5.41) is 4.58. The van der Waals surface area contributed by atoms with Gasteiger partial charge < -0.3 is 5.32 Å². The molecule has 0 unspecified atom stereocenters. The normalized spacial score (nSPS) is 17.7. The molecule has 1 aliphatic heterocycles. The number of carbonyl (C=O) groups is 2. The van der Waals surface area contributed by atoms with Crippen LogP contribution in [-0.4, -0.2) is 11.9 Å². The molecule has 0 bridgehead atoms. The van der Waals surface area contributed by atoms with Crippen LogP contribution in [0.2, 0.25) is 0 Å². The van der Waals surface area contributed by atoms with Crippen molar-refractivity contribution in [2.45, 2.75) is 6.42 Å². The molecule has 15 heavy (non-hydrogen) atoms. The van der Waals surface area contributed by atoms with E-state index in [9.17, 15) is 9.59 Å². The van der Waals surface area contributed by atoms with Crippen molar-refractivity contribution in [2.24, 2.45) is 0 Å². The van der Waals surface area contributed by atoms with Crippen LogP contribution < -0.4 is 10.6 Å². The summed E-state index contributed by atoms with van der Waals surface area (Å²) in [6.45, 7) is 0. The van der Waals surface area contributed by atoms with Gasteiger partial charge in [0.15, 0.2) is 0 Å². The van der Waals surface area contributed by atoms with Gasteiger partial charge in [0.25, 0.3) is 5.91 Å². The van der Waals surface area contributed by atoms with Crippen LogP contribution in [0, 0.1) is 0 Å². The maximum Gasteiger partial charge on any atom is 0.326 e. The Morgan fingerprint density at radius 3 is 2.40 bits per heavy atom. The molecule has 1 saturated heterocycles. The average Bonchev–Trinajstić information content (AvgIpc) is 2.56. The maximum absolute atomic E-state index is 11.1. The fraction of sp³-hybridized carbons (Fsp3) is 0.0909. The van der Waals surface area contributed by atoms with E-state index in [4.69, 9.17) is 0 Å². The van der Waals surface area contributed by atoms with Crippen LogP contribution in [0.15, 0.2) is 42.1 Å². The number of carbonyl (C=O) groups excluding carboxylic acids is 2. The largest absolute Gasteiger partial charge is 0.326 e. The van der Waals surface area contributed by atoms with Crippen molar-refractivity contribution in [2.75, 3.05) is 0 Å². The average molecular weight is 202 g/mol. The summed E-state index contributed by atoms with van der Waals surface area (Å²) in [5.41, 5.74) is 1.42. The van der Waals surface area contributed by atoms with E-state index in [1.807, 2.05) is 30.3 Å². The monoisotopic (exact) mass is 202 g/mol. The summed E-state index contributed by atoms with van der Waals surface area (Å²) >= 11 is 0. The van der Waals surface area contributed by atoms with E-state index in [1.165, 1.54) is 0 Å². The molecular weight excluding hydrogens is 192 g/mol. The Bertz CT molecular complexity index is 423. The lowest BCUT2D eigenvalue weighted by molar-refractivity contribution is -0.115. The first kappa shape index (κ1) is 9.45. The summed E-state index contributed by atoms with van der Waals surface area (Å²) in [6, 6.07) is 9.26. The summed E-state index contributed by atoms with van der Waals surface area (Å²) in [4.78, 5) is 21.9. The summed E-state index contributed by atoms with van der Waals surface area (Å²) in [7, 11) is 0. The highest BCUT2D eigenvalue weighted by Crippen LogP contribution is 2.04. The summed E-state index contributed by atoms with van der Waals surface area (Å²) in [6.07, 6.45) is 2.33. The molecule has 4 nitrogen and oxygen atoms in total. The molecule has 0 aromatic heterocycles. The highest BCUT2D eigenvalue weighted by Gasteiger charge is 2.22. The van der Waals surface area contributed by atoms with E-state index in [1.54, 1.807) is 6.08 Å². The standard InChI is InChI=1S/C11H10N2O2/c14-10-9(12-11(15)13-10)7-6-8-4-2-1-3-5-8/h1-5,7H,6H2,(H2,12,13,14,15). The fourth-order valence-electron chi connectivity index (χ4n) is 1.36. The number of allylic oxidation sites excluding steroid dienone is 1. The van der Waals surface area contributed by atoms with Crippen molar-refractivity contribution in [1.29, 1.82) is 0 Å². The van der Waals surface area contributed by atoms with Gasteiger partial charge in [0.1, 0.15) is 5.70 Å². The van der Waals surface area contributed by atoms with Gasteiger partial charge >= 0.3 is 6.03 Å². The van der Waals surface area contributed by atoms with E-state index in [2.05, 4.69) is 10.6 Å². The number of rotatable bonds is 2. The zero-order valence-electron chi connectivity index (χ0n) is 7.99. The zero-order chi connectivity index (χ0) is 10.7. The molecule has 1 heterocycles. The molecule has 76 valence electrons. The number of benzene rings is 1. The van der Waals surface area contributed by atoms with Gasteiger partial charge in [0, 0.05) is 0 Å². The molecule has 0 saturated carbocycles. The molecule has 4 heteroatoms. The van der Waals surface area contributed by atoms with E-state index in [-0.39, 0.29) is 5.91 Å². The van der Waals surface area contributed by atoms with Gasteiger partial charge in [-0.15, -0.1) is 0 Å². The topological polar surface area (TPSA) is 58.2 Å². The molecular formula is C11H10N2O2. The lowest BCUT2D eigenvalue weighted by Gasteiger charge is -1.96. The van der Waals surface area contributed by atoms with E-state index < -0.39 is 6.03 Å². The minimum Gasteiger partial charge on any atom is -0.303 e. The Morgan fingerprint density at radius 1 is 1.07 bits per heavy atom. The molecule has 0 spiro atoms. The van der Waals surface area contributed by atoms with Crippen molar-refractivity contribution in [1.82, 2.24) is 10.6 Å². The van der Waals surface area contributed by atoms with Gasteiger partial charge in [-0.3, -0.25) is 10.1 Å². The molecule has 1 fully saturated rings. The van der Waals surface area contributed by atoms with E-state index >= 15 is 0 Å². The Hall–Kier alpha value is -2.10. The Morgan fingerprint density at radius 2 is 1.80 bits per heavy atom. The van der Waals surface area contributed by atoms with Gasteiger partial charge in [-0.2, -0.15) is 0 Å². The van der Waals surface area contributed by atoms with Crippen molar-refractivity contribution < 1.29 is 9.59 Å². The van der Waals surface area contributed by atoms with Crippen LogP contribution in [0.25, 0.3) is 0 Å². The van der Waals surface area contributed by atoms with Gasteiger partial charge in [0.2, 0.25) is 0 Å². The van der Waals surface area contributed by atoms with Crippen LogP contribution in [0.4, 0.5) is 4.79 Å². The third-order valence-electron chi connectivity index (χ3n) is 2.10. The van der Waals surface area contributed by atoms with Gasteiger partial charge in [-0.05, 0) is 12.0 Å². The maximum atomic E-state index is 11.1. The zero-order valence-corrected chi connectivity index (χ0v) is 7.99. The minimum absolute atomic E-state index is 0.323. The van der Waals surface area contributed by atoms with Crippen molar-refractivity contribution in [3.63, 3.8) is 0 Å². The predicted octanol–water partition coefficient (Wildman–Crippen LogP) is 0.952. The predicted molar refractivity (Wildman–Crippen MR) is 54.9 cm³/mol. The number of imide groups is 1. The smallest absolute Gasteiger partial charge is 0.303 e. The fourth-order valence-corrected chi connectivity index (χ4v) is 1.36. The lowest BCUT2D eigenvalue weighted by Crippen LogP contribution is -2.22. The Kier molecular flexibility index (Phi) is 2.49. The van der Waals surface area contributed by atoms with E-state index in [0.717, 1.165) is 5.56 Å². The number of urea groups is 1. The van der Waals surface area contributed by atoms with Crippen LogP contribution in [0.5, 0.6) is 0 Å². The van der Waals surface area contributed by atoms with Crippen molar-refractivity contribution in [3.8, 4) is 0 Å². The first-order valence-corrected chi connectivity index (χ1v) is 4.62. The Labute approximate surface area is 87.0 Å². The number of amides is 3. The number of hydrogen-bond donors (Lipinski definition) is 2. The molecule has 0 aliphatic carbocycles. The molecule has 1 aliphatic rings. The minimum atomic E-state index is -0.459. The molecule has 3 amide bonds. The molecule has 0 atom stereocenters. The van der Waals surface area contributed by atoms with Gasteiger partial charge in [-0.1, -0.05) is 36.4 Å². The first-order chi connectivity index (χ1) is 7.25. The van der Waals surface area contributed by atoms with Crippen molar-refractivity contribution in [3.05, 3.63) is 47.7 Å². The van der Waals surface area contributed by atoms with Crippen molar-refractivity contribution >= 4 is 11.9 Å². The summed E-state index contributed by atoms with van der Waals surface area (Å²) < 4.78 is 0. The molecule has 0 radical (unpaired) electrons. The van der Waals surface area contributed by atoms with Crippen LogP contribution >= 0.6 is 0 Å². The molecule has 2 N–H and O–H groups in total.